The van der Waals surface area contributed by atoms with Crippen molar-refractivity contribution in [1.29, 1.82) is 5.26 Å². The first-order valence-electron chi connectivity index (χ1n) is 4.91. The minimum absolute atomic E-state index is 0.573. The van der Waals surface area contributed by atoms with Crippen LogP contribution < -0.4 is 4.74 Å². The van der Waals surface area contributed by atoms with Crippen LogP contribution in [0, 0.1) is 18.3 Å². The highest BCUT2D eigenvalue weighted by molar-refractivity contribution is 5.88. The Hall–Kier alpha value is -1.95. The number of fused-ring (bicyclic) bond motifs is 1. The third-order valence-electron chi connectivity index (χ3n) is 2.31. The molecule has 0 amide bonds. The van der Waals surface area contributed by atoms with E-state index in [9.17, 15) is 0 Å². The zero-order valence-corrected chi connectivity index (χ0v) is 8.79. The summed E-state index contributed by atoms with van der Waals surface area (Å²) < 4.78 is 5.41. The van der Waals surface area contributed by atoms with Gasteiger partial charge in [0.1, 0.15) is 17.4 Å². The first kappa shape index (κ1) is 9.60. The maximum atomic E-state index is 9.11. The Balaban J connectivity index is 2.70. The molecule has 1 aromatic carbocycles. The molecule has 15 heavy (non-hydrogen) atoms. The van der Waals surface area contributed by atoms with Crippen molar-refractivity contribution in [3.8, 4) is 11.8 Å². The van der Waals surface area contributed by atoms with Gasteiger partial charge in [0.25, 0.3) is 0 Å². The van der Waals surface area contributed by atoms with Crippen molar-refractivity contribution in [1.82, 2.24) is 4.98 Å². The van der Waals surface area contributed by atoms with Crippen LogP contribution in [0.4, 0.5) is 0 Å². The van der Waals surface area contributed by atoms with E-state index in [1.54, 1.807) is 0 Å². The zero-order chi connectivity index (χ0) is 10.8. The van der Waals surface area contributed by atoms with E-state index in [-0.39, 0.29) is 0 Å². The molecule has 2 aromatic rings. The molecule has 0 saturated carbocycles. The Labute approximate surface area is 88.3 Å². The topological polar surface area (TPSA) is 48.8 Å². The minimum atomic E-state index is 0.573. The van der Waals surface area contributed by atoms with Crippen LogP contribution in [0.1, 0.15) is 18.2 Å². The van der Waals surface area contributed by atoms with Gasteiger partial charge in [-0.3, -0.25) is 0 Å². The molecule has 0 unspecified atom stereocenters. The fraction of sp³-hybridized carbons (Fsp3) is 0.250. The van der Waals surface area contributed by atoms with Gasteiger partial charge in [0, 0.05) is 16.6 Å². The minimum Gasteiger partial charge on any atom is -0.492 e. The van der Waals surface area contributed by atoms with E-state index in [4.69, 9.17) is 10.00 Å². The van der Waals surface area contributed by atoms with Gasteiger partial charge in [0.15, 0.2) is 0 Å². The summed E-state index contributed by atoms with van der Waals surface area (Å²) in [5, 5.41) is 10.0. The van der Waals surface area contributed by atoms with Crippen LogP contribution in [0.15, 0.2) is 18.2 Å². The van der Waals surface area contributed by atoms with Gasteiger partial charge in [-0.05, 0) is 32.0 Å². The third-order valence-corrected chi connectivity index (χ3v) is 2.31. The maximum Gasteiger partial charge on any atom is 0.137 e. The number of aryl methyl sites for hydroxylation is 1. The van der Waals surface area contributed by atoms with Gasteiger partial charge in [0.05, 0.1) is 6.61 Å². The molecule has 2 rings (SSSR count). The van der Waals surface area contributed by atoms with E-state index >= 15 is 0 Å². The summed E-state index contributed by atoms with van der Waals surface area (Å²) in [6.45, 7) is 4.46. The number of nitriles is 1. The van der Waals surface area contributed by atoms with Gasteiger partial charge in [-0.15, -0.1) is 0 Å². The number of nitrogens with one attached hydrogen (secondary N) is 1. The van der Waals surface area contributed by atoms with Crippen LogP contribution in [0.3, 0.4) is 0 Å². The Morgan fingerprint density at radius 1 is 1.47 bits per heavy atom. The average molecular weight is 200 g/mol. The van der Waals surface area contributed by atoms with E-state index in [0.29, 0.717) is 17.9 Å². The van der Waals surface area contributed by atoms with Crippen LogP contribution >= 0.6 is 0 Å². The van der Waals surface area contributed by atoms with Gasteiger partial charge in [0.2, 0.25) is 0 Å². The van der Waals surface area contributed by atoms with E-state index in [1.165, 1.54) is 0 Å². The van der Waals surface area contributed by atoms with Crippen LogP contribution in [0.5, 0.6) is 5.75 Å². The highest BCUT2D eigenvalue weighted by Crippen LogP contribution is 2.27. The molecule has 0 atom stereocenters. The molecular formula is C12H12N2O. The number of nitrogens with zero attached hydrogens (tertiary/aromatic N) is 1. The van der Waals surface area contributed by atoms with Crippen molar-refractivity contribution >= 4 is 10.9 Å². The van der Waals surface area contributed by atoms with Gasteiger partial charge in [-0.2, -0.15) is 5.26 Å². The number of hydrogen-bond donors (Lipinski definition) is 1. The van der Waals surface area contributed by atoms with Crippen LogP contribution in [-0.4, -0.2) is 11.6 Å². The third kappa shape index (κ3) is 1.55. The Bertz CT molecular complexity index is 534. The Morgan fingerprint density at radius 2 is 2.27 bits per heavy atom. The molecule has 3 heteroatoms. The summed E-state index contributed by atoms with van der Waals surface area (Å²) in [4.78, 5) is 3.20. The van der Waals surface area contributed by atoms with E-state index in [0.717, 1.165) is 16.6 Å². The lowest BCUT2D eigenvalue weighted by molar-refractivity contribution is 0.340. The molecule has 0 radical (unpaired) electrons. The average Bonchev–Trinajstić information content (AvgIpc) is 2.58. The molecule has 1 heterocycles. The molecule has 0 spiro atoms. The summed E-state index contributed by atoms with van der Waals surface area (Å²) >= 11 is 0. The predicted molar refractivity (Wildman–Crippen MR) is 58.9 cm³/mol. The van der Waals surface area contributed by atoms with Crippen LogP contribution in [0.2, 0.25) is 0 Å². The second kappa shape index (κ2) is 3.66. The lowest BCUT2D eigenvalue weighted by Crippen LogP contribution is -1.94. The fourth-order valence-electron chi connectivity index (χ4n) is 1.71. The van der Waals surface area contributed by atoms with Crippen LogP contribution in [-0.2, 0) is 0 Å². The fourth-order valence-corrected chi connectivity index (χ4v) is 1.71. The second-order valence-corrected chi connectivity index (χ2v) is 3.40. The quantitative estimate of drug-likeness (QED) is 0.810. The lowest BCUT2D eigenvalue weighted by atomic mass is 10.1. The number of ether oxygens (including phenoxy) is 1. The molecule has 3 nitrogen and oxygen atoms in total. The van der Waals surface area contributed by atoms with Crippen molar-refractivity contribution in [2.75, 3.05) is 6.61 Å². The Morgan fingerprint density at radius 3 is 2.93 bits per heavy atom. The molecule has 0 aliphatic carbocycles. The molecule has 0 bridgehead atoms. The van der Waals surface area contributed by atoms with Crippen molar-refractivity contribution in [2.45, 2.75) is 13.8 Å². The standard InChI is InChI=1S/C12H12N2O/c1-3-15-12-5-4-11-9(10(12)7-13)6-8(2)14-11/h4-6,14H,3H2,1-2H3. The van der Waals surface area contributed by atoms with Crippen molar-refractivity contribution in [3.05, 3.63) is 29.5 Å². The van der Waals surface area contributed by atoms with Gasteiger partial charge >= 0.3 is 0 Å². The zero-order valence-electron chi connectivity index (χ0n) is 8.79. The summed E-state index contributed by atoms with van der Waals surface area (Å²) in [6.07, 6.45) is 0. The van der Waals surface area contributed by atoms with Gasteiger partial charge in [-0.25, -0.2) is 0 Å². The summed E-state index contributed by atoms with van der Waals surface area (Å²) in [5.41, 5.74) is 2.64. The van der Waals surface area contributed by atoms with Crippen molar-refractivity contribution in [2.24, 2.45) is 0 Å². The number of rotatable bonds is 2. The summed E-state index contributed by atoms with van der Waals surface area (Å²) in [7, 11) is 0. The first-order valence-corrected chi connectivity index (χ1v) is 4.91. The lowest BCUT2D eigenvalue weighted by Gasteiger charge is -2.05. The summed E-state index contributed by atoms with van der Waals surface area (Å²) in [6, 6.07) is 7.93. The number of benzene rings is 1. The van der Waals surface area contributed by atoms with E-state index in [2.05, 4.69) is 11.1 Å². The summed E-state index contributed by atoms with van der Waals surface area (Å²) in [5.74, 6) is 0.659. The molecule has 0 saturated heterocycles. The van der Waals surface area contributed by atoms with E-state index < -0.39 is 0 Å². The van der Waals surface area contributed by atoms with Crippen LogP contribution in [0.25, 0.3) is 10.9 Å². The van der Waals surface area contributed by atoms with Crippen molar-refractivity contribution < 1.29 is 4.74 Å². The first-order chi connectivity index (χ1) is 7.26. The molecule has 1 N–H and O–H groups in total. The highest BCUT2D eigenvalue weighted by atomic mass is 16.5. The smallest absolute Gasteiger partial charge is 0.137 e. The van der Waals surface area contributed by atoms with Gasteiger partial charge < -0.3 is 9.72 Å². The number of hydrogen-bond acceptors (Lipinski definition) is 2. The molecule has 0 aliphatic rings. The number of H-pyrrole nitrogens is 1. The normalized spacial score (nSPS) is 10.2. The predicted octanol–water partition coefficient (Wildman–Crippen LogP) is 2.75. The highest BCUT2D eigenvalue weighted by Gasteiger charge is 2.09. The maximum absolute atomic E-state index is 9.11. The largest absolute Gasteiger partial charge is 0.492 e. The second-order valence-electron chi connectivity index (χ2n) is 3.40. The number of aromatic nitrogens is 1. The number of aromatic amines is 1. The van der Waals surface area contributed by atoms with E-state index in [1.807, 2.05) is 32.0 Å². The van der Waals surface area contributed by atoms with Gasteiger partial charge in [-0.1, -0.05) is 0 Å². The Kier molecular flexibility index (Phi) is 2.34. The molecule has 0 aliphatic heterocycles. The molecule has 0 fully saturated rings. The monoisotopic (exact) mass is 200 g/mol. The van der Waals surface area contributed by atoms with Crippen molar-refractivity contribution in [3.63, 3.8) is 0 Å². The molecule has 1 aromatic heterocycles. The SMILES string of the molecule is CCOc1ccc2[nH]c(C)cc2c1C#N. The molecule has 76 valence electrons. The molecular weight excluding hydrogens is 188 g/mol.